The number of carbonyl (C=O) groups is 1. The summed E-state index contributed by atoms with van der Waals surface area (Å²) in [7, 11) is 0. The molecule has 27 heavy (non-hydrogen) atoms. The molecule has 4 aromatic rings. The van der Waals surface area contributed by atoms with Crippen molar-refractivity contribution in [1.29, 1.82) is 0 Å². The molecule has 0 unspecified atom stereocenters. The third-order valence-electron chi connectivity index (χ3n) is 4.00. The number of aryl methyl sites for hydroxylation is 1. The number of amides is 1. The molecule has 0 aliphatic carbocycles. The van der Waals surface area contributed by atoms with Crippen LogP contribution in [0, 0.1) is 0 Å². The Balaban J connectivity index is 1.53. The second-order valence-electron chi connectivity index (χ2n) is 5.73. The summed E-state index contributed by atoms with van der Waals surface area (Å²) in [5, 5.41) is 12.8. The number of nitrogens with one attached hydrogen (secondary N) is 1. The van der Waals surface area contributed by atoms with E-state index >= 15 is 0 Å². The second-order valence-corrected chi connectivity index (χ2v) is 7.58. The molecule has 1 aromatic carbocycles. The topological polar surface area (TPSA) is 85.6 Å². The van der Waals surface area contributed by atoms with E-state index in [0.717, 1.165) is 33.1 Å². The summed E-state index contributed by atoms with van der Waals surface area (Å²) in [6.45, 7) is 2.85. The largest absolute Gasteiger partial charge is 0.324 e. The molecule has 1 N–H and O–H groups in total. The number of rotatable bonds is 5. The maximum absolute atomic E-state index is 12.1. The summed E-state index contributed by atoms with van der Waals surface area (Å²) >= 11 is 4.56. The first-order chi connectivity index (χ1) is 13.2. The van der Waals surface area contributed by atoms with Crippen LogP contribution in [-0.2, 0) is 11.3 Å². The van der Waals surface area contributed by atoms with Crippen LogP contribution in [0.15, 0.2) is 52.2 Å². The molecule has 3 heterocycles. The van der Waals surface area contributed by atoms with Crippen molar-refractivity contribution in [2.75, 3.05) is 11.1 Å². The highest BCUT2D eigenvalue weighted by Gasteiger charge is 2.14. The lowest BCUT2D eigenvalue weighted by atomic mass is 10.2. The minimum Gasteiger partial charge on any atom is -0.324 e. The van der Waals surface area contributed by atoms with Crippen molar-refractivity contribution < 1.29 is 4.79 Å². The number of aromatic nitrogens is 5. The van der Waals surface area contributed by atoms with Gasteiger partial charge >= 0.3 is 0 Å². The van der Waals surface area contributed by atoms with Gasteiger partial charge in [-0.2, -0.15) is 0 Å². The fourth-order valence-electron chi connectivity index (χ4n) is 2.83. The van der Waals surface area contributed by atoms with E-state index in [1.165, 1.54) is 11.8 Å². The Morgan fingerprint density at radius 1 is 1.22 bits per heavy atom. The predicted octanol–water partition coefficient (Wildman–Crippen LogP) is 3.89. The van der Waals surface area contributed by atoms with Gasteiger partial charge in [0, 0.05) is 22.6 Å². The molecule has 0 atom stereocenters. The number of para-hydroxylation sites is 1. The molecule has 0 aliphatic heterocycles. The van der Waals surface area contributed by atoms with Gasteiger partial charge in [-0.15, -0.1) is 10.2 Å². The highest BCUT2D eigenvalue weighted by Crippen LogP contribution is 2.27. The molecule has 0 saturated carbocycles. The molecule has 4 rings (SSSR count). The second kappa shape index (κ2) is 7.61. The van der Waals surface area contributed by atoms with E-state index < -0.39 is 0 Å². The lowest BCUT2D eigenvalue weighted by Crippen LogP contribution is -2.15. The summed E-state index contributed by atoms with van der Waals surface area (Å²) in [6, 6.07) is 11.6. The highest BCUT2D eigenvalue weighted by molar-refractivity contribution is 9.10. The highest BCUT2D eigenvalue weighted by atomic mass is 79.9. The summed E-state index contributed by atoms with van der Waals surface area (Å²) in [4.78, 5) is 20.9. The summed E-state index contributed by atoms with van der Waals surface area (Å²) < 4.78 is 2.96. The fourth-order valence-corrected chi connectivity index (χ4v) is 3.65. The molecule has 0 aliphatic rings. The number of halogens is 1. The molecule has 9 heteroatoms. The van der Waals surface area contributed by atoms with E-state index in [4.69, 9.17) is 0 Å². The number of benzene rings is 1. The Labute approximate surface area is 167 Å². The van der Waals surface area contributed by atoms with Crippen LogP contribution in [0.25, 0.3) is 22.1 Å². The number of anilines is 1. The van der Waals surface area contributed by atoms with Crippen molar-refractivity contribution >= 4 is 61.5 Å². The minimum atomic E-state index is -0.172. The zero-order valence-corrected chi connectivity index (χ0v) is 16.8. The van der Waals surface area contributed by atoms with Crippen molar-refractivity contribution in [3.05, 3.63) is 47.1 Å². The first-order valence-electron chi connectivity index (χ1n) is 8.31. The number of nitrogens with zero attached hydrogens (tertiary/aromatic N) is 5. The monoisotopic (exact) mass is 442 g/mol. The summed E-state index contributed by atoms with van der Waals surface area (Å²) in [5.74, 6) is 0.510. The smallest absolute Gasteiger partial charge is 0.236 e. The van der Waals surface area contributed by atoms with Crippen LogP contribution in [0.4, 0.5) is 5.82 Å². The number of carbonyl (C=O) groups excluding carboxylic acids is 1. The lowest BCUT2D eigenvalue weighted by Gasteiger charge is -2.04. The number of pyridine rings is 1. The standard InChI is InChI=1S/C18H15BrN6OS/c1-2-25-13-6-4-3-5-12(13)16-17(25)22-18(24-23-16)27-10-15(26)21-14-8-7-11(19)9-20-14/h3-9H,2,10H2,1H3,(H,20,21,26). The van der Waals surface area contributed by atoms with Crippen molar-refractivity contribution in [2.24, 2.45) is 0 Å². The molecule has 0 spiro atoms. The first kappa shape index (κ1) is 17.9. The van der Waals surface area contributed by atoms with Crippen LogP contribution in [0.5, 0.6) is 0 Å². The van der Waals surface area contributed by atoms with Gasteiger partial charge in [-0.1, -0.05) is 30.0 Å². The van der Waals surface area contributed by atoms with E-state index in [-0.39, 0.29) is 11.7 Å². The maximum Gasteiger partial charge on any atom is 0.236 e. The zero-order valence-electron chi connectivity index (χ0n) is 14.4. The van der Waals surface area contributed by atoms with Gasteiger partial charge in [0.2, 0.25) is 11.1 Å². The van der Waals surface area contributed by atoms with E-state index in [1.54, 1.807) is 12.3 Å². The van der Waals surface area contributed by atoms with Crippen LogP contribution in [-0.4, -0.2) is 36.4 Å². The third-order valence-corrected chi connectivity index (χ3v) is 5.30. The van der Waals surface area contributed by atoms with Crippen molar-refractivity contribution in [2.45, 2.75) is 18.6 Å². The Morgan fingerprint density at radius 2 is 2.07 bits per heavy atom. The average molecular weight is 443 g/mol. The predicted molar refractivity (Wildman–Crippen MR) is 110 cm³/mol. The number of hydrogen-bond donors (Lipinski definition) is 1. The van der Waals surface area contributed by atoms with E-state index in [0.29, 0.717) is 11.0 Å². The molecule has 7 nitrogen and oxygen atoms in total. The molecule has 136 valence electrons. The van der Waals surface area contributed by atoms with Gasteiger partial charge in [-0.25, -0.2) is 9.97 Å². The van der Waals surface area contributed by atoms with Crippen LogP contribution in [0.1, 0.15) is 6.92 Å². The van der Waals surface area contributed by atoms with Gasteiger partial charge < -0.3 is 9.88 Å². The Kier molecular flexibility index (Phi) is 5.04. The van der Waals surface area contributed by atoms with Crippen molar-refractivity contribution in [3.8, 4) is 0 Å². The van der Waals surface area contributed by atoms with Gasteiger partial charge in [0.15, 0.2) is 5.65 Å². The molecule has 3 aromatic heterocycles. The van der Waals surface area contributed by atoms with Gasteiger partial charge in [0.25, 0.3) is 0 Å². The number of fused-ring (bicyclic) bond motifs is 3. The molecular formula is C18H15BrN6OS. The van der Waals surface area contributed by atoms with Crippen LogP contribution < -0.4 is 5.32 Å². The van der Waals surface area contributed by atoms with E-state index in [1.807, 2.05) is 30.3 Å². The summed E-state index contributed by atoms with van der Waals surface area (Å²) in [6.07, 6.45) is 1.63. The van der Waals surface area contributed by atoms with Gasteiger partial charge in [-0.05, 0) is 41.1 Å². The lowest BCUT2D eigenvalue weighted by molar-refractivity contribution is -0.113. The molecule has 0 radical (unpaired) electrons. The quantitative estimate of drug-likeness (QED) is 0.471. The van der Waals surface area contributed by atoms with E-state index in [2.05, 4.69) is 52.9 Å². The van der Waals surface area contributed by atoms with E-state index in [9.17, 15) is 4.79 Å². The number of hydrogen-bond acceptors (Lipinski definition) is 6. The first-order valence-corrected chi connectivity index (χ1v) is 10.1. The third kappa shape index (κ3) is 3.65. The normalized spacial score (nSPS) is 11.2. The SMILES string of the molecule is CCn1c2ccccc2c2nnc(SCC(=O)Nc3ccc(Br)cn3)nc21. The van der Waals surface area contributed by atoms with Crippen molar-refractivity contribution in [3.63, 3.8) is 0 Å². The van der Waals surface area contributed by atoms with Gasteiger partial charge in [0.1, 0.15) is 11.3 Å². The van der Waals surface area contributed by atoms with Crippen LogP contribution in [0.2, 0.25) is 0 Å². The van der Waals surface area contributed by atoms with Gasteiger partial charge in [-0.3, -0.25) is 4.79 Å². The average Bonchev–Trinajstić information content (AvgIpc) is 3.01. The molecule has 0 bridgehead atoms. The molecular weight excluding hydrogens is 428 g/mol. The Morgan fingerprint density at radius 3 is 2.85 bits per heavy atom. The Bertz CT molecular complexity index is 1130. The summed E-state index contributed by atoms with van der Waals surface area (Å²) in [5.41, 5.74) is 2.64. The van der Waals surface area contributed by atoms with Crippen LogP contribution in [0.3, 0.4) is 0 Å². The minimum absolute atomic E-state index is 0.172. The maximum atomic E-state index is 12.1. The fraction of sp³-hybridized carbons (Fsp3) is 0.167. The number of thioether (sulfide) groups is 1. The van der Waals surface area contributed by atoms with Crippen LogP contribution >= 0.6 is 27.7 Å². The Hall–Kier alpha value is -2.52. The van der Waals surface area contributed by atoms with Crippen molar-refractivity contribution in [1.82, 2.24) is 24.7 Å². The zero-order chi connectivity index (χ0) is 18.8. The van der Waals surface area contributed by atoms with Gasteiger partial charge in [0.05, 0.1) is 11.3 Å². The molecule has 0 saturated heterocycles. The molecule has 0 fully saturated rings. The molecule has 1 amide bonds.